The highest BCUT2D eigenvalue weighted by molar-refractivity contribution is 8.02. The summed E-state index contributed by atoms with van der Waals surface area (Å²) in [5.74, 6) is 0.765. The molecule has 0 fully saturated rings. The topological polar surface area (TPSA) is 80.1 Å². The fourth-order valence-corrected chi connectivity index (χ4v) is 3.77. The van der Waals surface area contributed by atoms with Crippen LogP contribution in [0.4, 0.5) is 10.8 Å². The summed E-state index contributed by atoms with van der Waals surface area (Å²) in [6.45, 7) is 2.40. The number of thioether (sulfide) groups is 1. The standard InChI is InChI=1S/C16H16N4O2S2/c1-11(14(21)18-12-6-3-2-4-7-12)23-16-20-19-15(24-16)17-10-13-8-5-9-22-13/h2-9,11H,10H2,1H3,(H,17,19)(H,18,21)/t11-/m0/s1. The van der Waals surface area contributed by atoms with Gasteiger partial charge in [-0.25, -0.2) is 0 Å². The van der Waals surface area contributed by atoms with Crippen LogP contribution in [0.3, 0.4) is 0 Å². The summed E-state index contributed by atoms with van der Waals surface area (Å²) in [5, 5.41) is 14.6. The lowest BCUT2D eigenvalue weighted by molar-refractivity contribution is -0.115. The second-order valence-electron chi connectivity index (χ2n) is 4.92. The molecular formula is C16H16N4O2S2. The number of nitrogens with zero attached hydrogens (tertiary/aromatic N) is 2. The van der Waals surface area contributed by atoms with E-state index in [0.29, 0.717) is 11.7 Å². The first-order chi connectivity index (χ1) is 11.7. The molecule has 0 bridgehead atoms. The van der Waals surface area contributed by atoms with Crippen LogP contribution in [-0.4, -0.2) is 21.4 Å². The summed E-state index contributed by atoms with van der Waals surface area (Å²) in [6.07, 6.45) is 1.63. The number of furan rings is 1. The predicted octanol–water partition coefficient (Wildman–Crippen LogP) is 3.86. The molecule has 6 nitrogen and oxygen atoms in total. The van der Waals surface area contributed by atoms with Crippen LogP contribution >= 0.6 is 23.1 Å². The summed E-state index contributed by atoms with van der Waals surface area (Å²) in [4.78, 5) is 12.2. The molecule has 8 heteroatoms. The Morgan fingerprint density at radius 3 is 2.83 bits per heavy atom. The van der Waals surface area contributed by atoms with E-state index in [2.05, 4.69) is 20.8 Å². The van der Waals surface area contributed by atoms with Crippen molar-refractivity contribution in [2.45, 2.75) is 23.1 Å². The van der Waals surface area contributed by atoms with Gasteiger partial charge in [0.05, 0.1) is 18.1 Å². The van der Waals surface area contributed by atoms with Crippen molar-refractivity contribution in [1.29, 1.82) is 0 Å². The Kier molecular flexibility index (Phi) is 5.50. The molecule has 2 N–H and O–H groups in total. The van der Waals surface area contributed by atoms with Crippen molar-refractivity contribution in [3.63, 3.8) is 0 Å². The van der Waals surface area contributed by atoms with E-state index in [9.17, 15) is 4.79 Å². The Morgan fingerprint density at radius 1 is 1.25 bits per heavy atom. The van der Waals surface area contributed by atoms with E-state index in [4.69, 9.17) is 4.42 Å². The number of aromatic nitrogens is 2. The Morgan fingerprint density at radius 2 is 2.08 bits per heavy atom. The Labute approximate surface area is 147 Å². The fraction of sp³-hybridized carbons (Fsp3) is 0.188. The van der Waals surface area contributed by atoms with Crippen molar-refractivity contribution in [3.8, 4) is 0 Å². The maximum Gasteiger partial charge on any atom is 0.237 e. The molecule has 1 amide bonds. The molecule has 0 aliphatic heterocycles. The molecule has 0 saturated carbocycles. The minimum atomic E-state index is -0.268. The summed E-state index contributed by atoms with van der Waals surface area (Å²) in [5.41, 5.74) is 0.785. The van der Waals surface area contributed by atoms with Crippen LogP contribution in [0.1, 0.15) is 12.7 Å². The quantitative estimate of drug-likeness (QED) is 0.623. The lowest BCUT2D eigenvalue weighted by atomic mass is 10.3. The van der Waals surface area contributed by atoms with Crippen LogP contribution < -0.4 is 10.6 Å². The van der Waals surface area contributed by atoms with Gasteiger partial charge in [-0.2, -0.15) is 0 Å². The molecule has 0 unspecified atom stereocenters. The molecule has 3 aromatic rings. The van der Waals surface area contributed by atoms with Gasteiger partial charge in [0.2, 0.25) is 11.0 Å². The second kappa shape index (κ2) is 7.98. The number of hydrogen-bond donors (Lipinski definition) is 2. The van der Waals surface area contributed by atoms with Gasteiger partial charge in [0, 0.05) is 5.69 Å². The molecule has 2 heterocycles. The molecular weight excluding hydrogens is 344 g/mol. The highest BCUT2D eigenvalue weighted by Crippen LogP contribution is 2.29. The van der Waals surface area contributed by atoms with Crippen molar-refractivity contribution in [3.05, 3.63) is 54.5 Å². The molecule has 124 valence electrons. The van der Waals surface area contributed by atoms with Crippen molar-refractivity contribution >= 4 is 39.8 Å². The number of hydrogen-bond acceptors (Lipinski definition) is 7. The van der Waals surface area contributed by atoms with E-state index >= 15 is 0 Å². The number of benzene rings is 1. The van der Waals surface area contributed by atoms with Crippen molar-refractivity contribution in [1.82, 2.24) is 10.2 Å². The molecule has 0 saturated heterocycles. The molecule has 2 aromatic heterocycles. The lowest BCUT2D eigenvalue weighted by Crippen LogP contribution is -2.22. The molecule has 24 heavy (non-hydrogen) atoms. The molecule has 0 aliphatic carbocycles. The highest BCUT2D eigenvalue weighted by Gasteiger charge is 2.17. The number of amides is 1. The van der Waals surface area contributed by atoms with E-state index in [1.165, 1.54) is 23.1 Å². The third-order valence-electron chi connectivity index (χ3n) is 3.09. The summed E-state index contributed by atoms with van der Waals surface area (Å²) < 4.78 is 5.99. The predicted molar refractivity (Wildman–Crippen MR) is 96.3 cm³/mol. The SMILES string of the molecule is C[C@H](Sc1nnc(NCc2ccco2)s1)C(=O)Nc1ccccc1. The summed E-state index contributed by atoms with van der Waals surface area (Å²) in [6, 6.07) is 13.1. The zero-order chi connectivity index (χ0) is 16.8. The number of nitrogens with one attached hydrogen (secondary N) is 2. The normalized spacial score (nSPS) is 11.9. The van der Waals surface area contributed by atoms with E-state index in [1.807, 2.05) is 49.4 Å². The van der Waals surface area contributed by atoms with E-state index in [0.717, 1.165) is 15.8 Å². The average molecular weight is 360 g/mol. The maximum absolute atomic E-state index is 12.2. The lowest BCUT2D eigenvalue weighted by Gasteiger charge is -2.09. The van der Waals surface area contributed by atoms with Gasteiger partial charge in [0.25, 0.3) is 0 Å². The largest absolute Gasteiger partial charge is 0.467 e. The monoisotopic (exact) mass is 360 g/mol. The second-order valence-corrected chi connectivity index (χ2v) is 7.49. The van der Waals surface area contributed by atoms with E-state index in [-0.39, 0.29) is 11.2 Å². The number of carbonyl (C=O) groups is 1. The van der Waals surface area contributed by atoms with Crippen molar-refractivity contribution in [2.24, 2.45) is 0 Å². The maximum atomic E-state index is 12.2. The van der Waals surface area contributed by atoms with Crippen molar-refractivity contribution in [2.75, 3.05) is 10.6 Å². The van der Waals surface area contributed by atoms with Gasteiger partial charge < -0.3 is 15.1 Å². The van der Waals surface area contributed by atoms with Gasteiger partial charge in [0.15, 0.2) is 4.34 Å². The van der Waals surface area contributed by atoms with Crippen molar-refractivity contribution < 1.29 is 9.21 Å². The van der Waals surface area contributed by atoms with Gasteiger partial charge in [-0.15, -0.1) is 10.2 Å². The van der Waals surface area contributed by atoms with Gasteiger partial charge in [-0.1, -0.05) is 41.3 Å². The fourth-order valence-electron chi connectivity index (χ4n) is 1.87. The zero-order valence-corrected chi connectivity index (χ0v) is 14.6. The van der Waals surface area contributed by atoms with Gasteiger partial charge >= 0.3 is 0 Å². The van der Waals surface area contributed by atoms with Crippen LogP contribution in [-0.2, 0) is 11.3 Å². The third kappa shape index (κ3) is 4.59. The average Bonchev–Trinajstić information content (AvgIpc) is 3.25. The Balaban J connectivity index is 1.51. The van der Waals surface area contributed by atoms with Gasteiger partial charge in [-0.3, -0.25) is 4.79 Å². The molecule has 1 atom stereocenters. The highest BCUT2D eigenvalue weighted by atomic mass is 32.2. The smallest absolute Gasteiger partial charge is 0.237 e. The molecule has 1 aromatic carbocycles. The van der Waals surface area contributed by atoms with Crippen LogP contribution in [0.2, 0.25) is 0 Å². The van der Waals surface area contributed by atoms with E-state index < -0.39 is 0 Å². The van der Waals surface area contributed by atoms with Crippen LogP contribution in [0, 0.1) is 0 Å². The summed E-state index contributed by atoms with van der Waals surface area (Å²) >= 11 is 2.80. The minimum absolute atomic E-state index is 0.0634. The van der Waals surface area contributed by atoms with Crippen LogP contribution in [0.5, 0.6) is 0 Å². The molecule has 0 radical (unpaired) electrons. The van der Waals surface area contributed by atoms with Crippen LogP contribution in [0.15, 0.2) is 57.5 Å². The van der Waals surface area contributed by atoms with Gasteiger partial charge in [0.1, 0.15) is 5.76 Å². The minimum Gasteiger partial charge on any atom is -0.467 e. The Bertz CT molecular complexity index is 774. The van der Waals surface area contributed by atoms with Gasteiger partial charge in [-0.05, 0) is 31.2 Å². The molecule has 0 spiro atoms. The number of para-hydroxylation sites is 1. The van der Waals surface area contributed by atoms with E-state index in [1.54, 1.807) is 6.26 Å². The number of rotatable bonds is 7. The first kappa shape index (κ1) is 16.5. The Hall–Kier alpha value is -2.32. The first-order valence-electron chi connectivity index (χ1n) is 7.33. The number of anilines is 2. The first-order valence-corrected chi connectivity index (χ1v) is 9.02. The summed E-state index contributed by atoms with van der Waals surface area (Å²) in [7, 11) is 0. The molecule has 0 aliphatic rings. The molecule has 3 rings (SSSR count). The third-order valence-corrected chi connectivity index (χ3v) is 5.15. The number of carbonyl (C=O) groups excluding carboxylic acids is 1. The van der Waals surface area contributed by atoms with Crippen LogP contribution in [0.25, 0.3) is 0 Å². The zero-order valence-electron chi connectivity index (χ0n) is 12.9.